The zero-order chi connectivity index (χ0) is 21.5. The van der Waals surface area contributed by atoms with Gasteiger partial charge < -0.3 is 10.2 Å². The van der Waals surface area contributed by atoms with Gasteiger partial charge in [0.05, 0.1) is 18.4 Å². The fourth-order valence-electron chi connectivity index (χ4n) is 3.39. The predicted octanol–water partition coefficient (Wildman–Crippen LogP) is 2.67. The molecule has 2 amide bonds. The minimum Gasteiger partial charge on any atom is -0.336 e. The van der Waals surface area contributed by atoms with E-state index in [4.69, 9.17) is 0 Å². The van der Waals surface area contributed by atoms with Crippen LogP contribution in [0.3, 0.4) is 0 Å². The van der Waals surface area contributed by atoms with Crippen molar-refractivity contribution in [3.63, 3.8) is 0 Å². The Morgan fingerprint density at radius 2 is 1.86 bits per heavy atom. The van der Waals surface area contributed by atoms with E-state index in [9.17, 15) is 27.6 Å². The standard InChI is InChI=1S/C18H23F3N4O3S/c1-10(2)8-25-14(26)13-11(3)12(9-23-7-5-22-16(23)27)29-15(13)24(17(25)28)6-4-18(19,20)21/h10H,4-9H2,1-3H3,(H,22,27). The Morgan fingerprint density at radius 1 is 1.17 bits per heavy atom. The highest BCUT2D eigenvalue weighted by molar-refractivity contribution is 7.18. The topological polar surface area (TPSA) is 76.3 Å². The lowest BCUT2D eigenvalue weighted by Crippen LogP contribution is -2.41. The van der Waals surface area contributed by atoms with Crippen LogP contribution in [0.1, 0.15) is 30.7 Å². The number of nitrogens with zero attached hydrogens (tertiary/aromatic N) is 3. The van der Waals surface area contributed by atoms with E-state index in [2.05, 4.69) is 5.32 Å². The van der Waals surface area contributed by atoms with Gasteiger partial charge in [-0.2, -0.15) is 13.2 Å². The number of carbonyl (C=O) groups excluding carboxylic acids is 1. The Balaban J connectivity index is 2.17. The molecule has 11 heteroatoms. The number of rotatable bonds is 6. The van der Waals surface area contributed by atoms with Gasteiger partial charge >= 0.3 is 17.9 Å². The number of hydrogen-bond donors (Lipinski definition) is 1. The van der Waals surface area contributed by atoms with E-state index in [0.29, 0.717) is 23.5 Å². The number of halogens is 3. The molecule has 0 saturated carbocycles. The average Bonchev–Trinajstić information content (AvgIpc) is 3.15. The van der Waals surface area contributed by atoms with Crippen LogP contribution in [0.25, 0.3) is 10.2 Å². The molecule has 2 aromatic rings. The number of amides is 2. The largest absolute Gasteiger partial charge is 0.390 e. The van der Waals surface area contributed by atoms with Crippen LogP contribution in [0.2, 0.25) is 0 Å². The van der Waals surface area contributed by atoms with Crippen LogP contribution in [-0.4, -0.2) is 39.3 Å². The maximum Gasteiger partial charge on any atom is 0.390 e. The molecule has 3 rings (SSSR count). The average molecular weight is 432 g/mol. The van der Waals surface area contributed by atoms with E-state index in [-0.39, 0.29) is 35.3 Å². The Bertz CT molecular complexity index is 1050. The maximum absolute atomic E-state index is 13.0. The van der Waals surface area contributed by atoms with E-state index in [1.807, 2.05) is 13.8 Å². The van der Waals surface area contributed by atoms with Crippen LogP contribution >= 0.6 is 11.3 Å². The highest BCUT2D eigenvalue weighted by atomic mass is 32.1. The number of aryl methyl sites for hydroxylation is 2. The molecule has 3 heterocycles. The molecule has 0 aliphatic carbocycles. The number of carbonyl (C=O) groups is 1. The lowest BCUT2D eigenvalue weighted by atomic mass is 10.2. The molecular formula is C18H23F3N4O3S. The minimum atomic E-state index is -4.42. The van der Waals surface area contributed by atoms with Gasteiger partial charge in [-0.15, -0.1) is 11.3 Å². The quantitative estimate of drug-likeness (QED) is 0.763. The molecular weight excluding hydrogens is 409 g/mol. The zero-order valence-corrected chi connectivity index (χ0v) is 17.2. The Hall–Kier alpha value is -2.30. The number of nitrogens with one attached hydrogen (secondary N) is 1. The van der Waals surface area contributed by atoms with Gasteiger partial charge in [0, 0.05) is 31.1 Å². The van der Waals surface area contributed by atoms with Crippen LogP contribution in [0.4, 0.5) is 18.0 Å². The van der Waals surface area contributed by atoms with Gasteiger partial charge in [-0.25, -0.2) is 9.59 Å². The summed E-state index contributed by atoms with van der Waals surface area (Å²) in [6.45, 7) is 6.20. The van der Waals surface area contributed by atoms with E-state index >= 15 is 0 Å². The molecule has 2 aromatic heterocycles. The molecule has 1 fully saturated rings. The molecule has 0 atom stereocenters. The first-order valence-corrected chi connectivity index (χ1v) is 10.2. The third-order valence-electron chi connectivity index (χ3n) is 4.84. The van der Waals surface area contributed by atoms with Crippen molar-refractivity contribution in [1.29, 1.82) is 0 Å². The number of thiophene rings is 1. The normalized spacial score (nSPS) is 15.0. The van der Waals surface area contributed by atoms with Crippen LogP contribution in [-0.2, 0) is 19.6 Å². The van der Waals surface area contributed by atoms with Gasteiger partial charge in [-0.1, -0.05) is 13.8 Å². The summed E-state index contributed by atoms with van der Waals surface area (Å²) in [6.07, 6.45) is -5.59. The fraction of sp³-hybridized carbons (Fsp3) is 0.611. The van der Waals surface area contributed by atoms with Crippen molar-refractivity contribution < 1.29 is 18.0 Å². The number of hydrogen-bond acceptors (Lipinski definition) is 4. The summed E-state index contributed by atoms with van der Waals surface area (Å²) in [4.78, 5) is 40.2. The Morgan fingerprint density at radius 3 is 2.41 bits per heavy atom. The summed E-state index contributed by atoms with van der Waals surface area (Å²) < 4.78 is 40.6. The summed E-state index contributed by atoms with van der Waals surface area (Å²) in [7, 11) is 0. The van der Waals surface area contributed by atoms with Crippen LogP contribution in [0, 0.1) is 12.8 Å². The minimum absolute atomic E-state index is 0.0272. The third-order valence-corrected chi connectivity index (χ3v) is 6.14. The van der Waals surface area contributed by atoms with Gasteiger partial charge in [-0.3, -0.25) is 13.9 Å². The molecule has 29 heavy (non-hydrogen) atoms. The SMILES string of the molecule is Cc1c(CN2CCNC2=O)sc2c1c(=O)n(CC(C)C)c(=O)n2CCC(F)(F)F. The Labute approximate surface area is 168 Å². The first-order valence-electron chi connectivity index (χ1n) is 9.34. The van der Waals surface area contributed by atoms with E-state index in [1.54, 1.807) is 11.8 Å². The lowest BCUT2D eigenvalue weighted by Gasteiger charge is -2.14. The van der Waals surface area contributed by atoms with Crippen molar-refractivity contribution in [1.82, 2.24) is 19.4 Å². The molecule has 1 aliphatic heterocycles. The molecule has 0 spiro atoms. The molecule has 1 aliphatic rings. The predicted molar refractivity (Wildman–Crippen MR) is 104 cm³/mol. The van der Waals surface area contributed by atoms with Gasteiger partial charge in [0.15, 0.2) is 0 Å². The molecule has 0 aromatic carbocycles. The second-order valence-electron chi connectivity index (χ2n) is 7.59. The highest BCUT2D eigenvalue weighted by Crippen LogP contribution is 2.30. The number of fused-ring (bicyclic) bond motifs is 1. The fourth-order valence-corrected chi connectivity index (χ4v) is 4.72. The summed E-state index contributed by atoms with van der Waals surface area (Å²) in [6, 6.07) is -0.228. The smallest absolute Gasteiger partial charge is 0.336 e. The molecule has 7 nitrogen and oxygen atoms in total. The molecule has 0 radical (unpaired) electrons. The maximum atomic E-state index is 13.0. The van der Waals surface area contributed by atoms with Crippen molar-refractivity contribution in [2.24, 2.45) is 5.92 Å². The van der Waals surface area contributed by atoms with E-state index < -0.39 is 30.4 Å². The second kappa shape index (κ2) is 7.85. The van der Waals surface area contributed by atoms with Crippen molar-refractivity contribution >= 4 is 27.6 Å². The van der Waals surface area contributed by atoms with E-state index in [0.717, 1.165) is 20.5 Å². The molecule has 0 bridgehead atoms. The monoisotopic (exact) mass is 432 g/mol. The third kappa shape index (κ3) is 4.34. The van der Waals surface area contributed by atoms with Crippen molar-refractivity contribution in [3.05, 3.63) is 31.3 Å². The number of alkyl halides is 3. The summed E-state index contributed by atoms with van der Waals surface area (Å²) in [5, 5.41) is 2.94. The molecule has 0 unspecified atom stereocenters. The molecule has 1 N–H and O–H groups in total. The Kier molecular flexibility index (Phi) is 5.79. The summed E-state index contributed by atoms with van der Waals surface area (Å²) in [5.74, 6) is -0.0272. The van der Waals surface area contributed by atoms with Gasteiger partial charge in [0.25, 0.3) is 5.56 Å². The first kappa shape index (κ1) is 21.4. The zero-order valence-electron chi connectivity index (χ0n) is 16.4. The molecule has 160 valence electrons. The lowest BCUT2D eigenvalue weighted by molar-refractivity contribution is -0.136. The van der Waals surface area contributed by atoms with Gasteiger partial charge in [0.1, 0.15) is 4.83 Å². The summed E-state index contributed by atoms with van der Waals surface area (Å²) >= 11 is 1.11. The van der Waals surface area contributed by atoms with Crippen LogP contribution in [0.5, 0.6) is 0 Å². The van der Waals surface area contributed by atoms with Crippen molar-refractivity contribution in [2.45, 2.75) is 53.0 Å². The van der Waals surface area contributed by atoms with Crippen molar-refractivity contribution in [2.75, 3.05) is 13.1 Å². The van der Waals surface area contributed by atoms with Gasteiger partial charge in [0.2, 0.25) is 0 Å². The molecule has 1 saturated heterocycles. The number of aromatic nitrogens is 2. The van der Waals surface area contributed by atoms with Gasteiger partial charge in [-0.05, 0) is 18.4 Å². The number of urea groups is 1. The van der Waals surface area contributed by atoms with Crippen LogP contribution < -0.4 is 16.6 Å². The first-order chi connectivity index (χ1) is 13.5. The second-order valence-corrected chi connectivity index (χ2v) is 8.68. The van der Waals surface area contributed by atoms with E-state index in [1.165, 1.54) is 0 Å². The van der Waals surface area contributed by atoms with Crippen molar-refractivity contribution in [3.8, 4) is 0 Å². The summed E-state index contributed by atoms with van der Waals surface area (Å²) in [5.41, 5.74) is -0.618. The van der Waals surface area contributed by atoms with Crippen LogP contribution in [0.15, 0.2) is 9.59 Å². The highest BCUT2D eigenvalue weighted by Gasteiger charge is 2.29.